The van der Waals surface area contributed by atoms with Crippen LogP contribution in [-0.2, 0) is 6.54 Å². The average Bonchev–Trinajstić information content (AvgIpc) is 3.17. The van der Waals surface area contributed by atoms with Gasteiger partial charge in [0.2, 0.25) is 0 Å². The van der Waals surface area contributed by atoms with Gasteiger partial charge >= 0.3 is 0 Å². The van der Waals surface area contributed by atoms with E-state index in [2.05, 4.69) is 20.2 Å². The summed E-state index contributed by atoms with van der Waals surface area (Å²) in [5.41, 5.74) is 0.797. The Kier molecular flexibility index (Phi) is 3.31. The molecule has 0 bridgehead atoms. The van der Waals surface area contributed by atoms with Crippen LogP contribution in [0.3, 0.4) is 0 Å². The van der Waals surface area contributed by atoms with E-state index in [4.69, 9.17) is 14.5 Å². The van der Waals surface area contributed by atoms with Crippen molar-refractivity contribution < 1.29 is 9.26 Å². The Bertz CT molecular complexity index is 784. The van der Waals surface area contributed by atoms with Gasteiger partial charge in [-0.1, -0.05) is 5.16 Å². The van der Waals surface area contributed by atoms with Gasteiger partial charge in [0.05, 0.1) is 7.11 Å². The highest BCUT2D eigenvalue weighted by molar-refractivity contribution is 5.54. The minimum absolute atomic E-state index is 0.105. The fourth-order valence-electron chi connectivity index (χ4n) is 1.74. The fourth-order valence-corrected chi connectivity index (χ4v) is 1.74. The zero-order valence-corrected chi connectivity index (χ0v) is 11.1. The number of methoxy groups -OCH3 is 1. The minimum atomic E-state index is 0.105. The molecule has 3 aromatic rings. The minimum Gasteiger partial charge on any atom is -0.497 e. The van der Waals surface area contributed by atoms with E-state index in [1.807, 2.05) is 30.3 Å². The summed E-state index contributed by atoms with van der Waals surface area (Å²) in [7, 11) is 1.60. The Morgan fingerprint density at radius 3 is 2.81 bits per heavy atom. The molecule has 8 nitrogen and oxygen atoms in total. The van der Waals surface area contributed by atoms with Crippen molar-refractivity contribution in [2.24, 2.45) is 0 Å². The maximum absolute atomic E-state index is 8.66. The van der Waals surface area contributed by atoms with Crippen LogP contribution in [0.25, 0.3) is 11.5 Å². The Morgan fingerprint density at radius 2 is 2.14 bits per heavy atom. The van der Waals surface area contributed by atoms with Gasteiger partial charge in [-0.15, -0.1) is 5.10 Å². The molecule has 0 amide bonds. The molecule has 0 radical (unpaired) electrons. The largest absolute Gasteiger partial charge is 0.497 e. The molecule has 2 aromatic heterocycles. The third kappa shape index (κ3) is 2.71. The van der Waals surface area contributed by atoms with Crippen LogP contribution >= 0.6 is 0 Å². The summed E-state index contributed by atoms with van der Waals surface area (Å²) < 4.78 is 11.8. The molecule has 0 fully saturated rings. The number of nitrogens with zero attached hydrogens (tertiary/aromatic N) is 6. The second-order valence-corrected chi connectivity index (χ2v) is 4.12. The topological polar surface area (TPSA) is 103 Å². The van der Waals surface area contributed by atoms with Crippen molar-refractivity contribution >= 4 is 0 Å². The molecule has 0 aliphatic heterocycles. The van der Waals surface area contributed by atoms with E-state index in [-0.39, 0.29) is 12.4 Å². The van der Waals surface area contributed by atoms with Crippen molar-refractivity contribution in [3.8, 4) is 23.3 Å². The smallest absolute Gasteiger partial charge is 0.257 e. The molecule has 0 N–H and O–H groups in total. The summed E-state index contributed by atoms with van der Waals surface area (Å²) in [5.74, 6) is 1.72. The highest BCUT2D eigenvalue weighted by Crippen LogP contribution is 2.20. The summed E-state index contributed by atoms with van der Waals surface area (Å²) in [6.07, 6.45) is 1.45. The first kappa shape index (κ1) is 12.8. The second-order valence-electron chi connectivity index (χ2n) is 4.12. The predicted octanol–water partition coefficient (Wildman–Crippen LogP) is 1.26. The van der Waals surface area contributed by atoms with Crippen molar-refractivity contribution in [2.45, 2.75) is 6.54 Å². The average molecular weight is 282 g/mol. The summed E-state index contributed by atoms with van der Waals surface area (Å²) in [6.45, 7) is 0.286. The van der Waals surface area contributed by atoms with Gasteiger partial charge in [0.1, 0.15) is 24.7 Å². The normalized spacial score (nSPS) is 10.3. The molecule has 0 spiro atoms. The molecule has 104 valence electrons. The van der Waals surface area contributed by atoms with Crippen LogP contribution < -0.4 is 4.74 Å². The Balaban J connectivity index is 1.77. The van der Waals surface area contributed by atoms with Gasteiger partial charge in [-0.3, -0.25) is 0 Å². The molecule has 8 heteroatoms. The number of hydrogen-bond donors (Lipinski definition) is 0. The van der Waals surface area contributed by atoms with E-state index in [0.717, 1.165) is 11.3 Å². The number of rotatable bonds is 4. The SMILES string of the molecule is COc1ccc(-c2nc(Cn3cnc(C#N)n3)no2)cc1. The van der Waals surface area contributed by atoms with E-state index in [1.165, 1.54) is 11.0 Å². The van der Waals surface area contributed by atoms with Crippen molar-refractivity contribution in [3.63, 3.8) is 0 Å². The molecule has 1 aromatic carbocycles. The number of benzene rings is 1. The van der Waals surface area contributed by atoms with Crippen LogP contribution in [0.5, 0.6) is 5.75 Å². The molecule has 0 aliphatic rings. The maximum Gasteiger partial charge on any atom is 0.257 e. The summed E-state index contributed by atoms with van der Waals surface area (Å²) in [4.78, 5) is 8.08. The Morgan fingerprint density at radius 1 is 1.33 bits per heavy atom. The van der Waals surface area contributed by atoms with Gasteiger partial charge in [0, 0.05) is 5.56 Å². The Labute approximate surface area is 119 Å². The van der Waals surface area contributed by atoms with E-state index in [9.17, 15) is 0 Å². The number of nitriles is 1. The van der Waals surface area contributed by atoms with Crippen LogP contribution in [0.1, 0.15) is 11.6 Å². The molecule has 0 aliphatic carbocycles. The highest BCUT2D eigenvalue weighted by atomic mass is 16.5. The number of aromatic nitrogens is 5. The monoisotopic (exact) mass is 282 g/mol. The second kappa shape index (κ2) is 5.42. The molecule has 0 saturated carbocycles. The molecule has 0 atom stereocenters. The van der Waals surface area contributed by atoms with E-state index in [1.54, 1.807) is 7.11 Å². The zero-order chi connectivity index (χ0) is 14.7. The van der Waals surface area contributed by atoms with Crippen molar-refractivity contribution in [2.75, 3.05) is 7.11 Å². The summed E-state index contributed by atoms with van der Waals surface area (Å²) >= 11 is 0. The third-order valence-electron chi connectivity index (χ3n) is 2.74. The van der Waals surface area contributed by atoms with Gasteiger partial charge < -0.3 is 9.26 Å². The first-order valence-electron chi connectivity index (χ1n) is 6.05. The van der Waals surface area contributed by atoms with Crippen molar-refractivity contribution in [1.82, 2.24) is 24.9 Å². The van der Waals surface area contributed by atoms with E-state index in [0.29, 0.717) is 11.7 Å². The third-order valence-corrected chi connectivity index (χ3v) is 2.74. The van der Waals surface area contributed by atoms with Crippen LogP contribution in [0.15, 0.2) is 35.1 Å². The predicted molar refractivity (Wildman–Crippen MR) is 70.1 cm³/mol. The van der Waals surface area contributed by atoms with Gasteiger partial charge in [-0.2, -0.15) is 10.2 Å². The molecule has 0 unspecified atom stereocenters. The van der Waals surface area contributed by atoms with Crippen molar-refractivity contribution in [3.05, 3.63) is 42.2 Å². The lowest BCUT2D eigenvalue weighted by Gasteiger charge is -1.98. The van der Waals surface area contributed by atoms with Crippen LogP contribution in [0.2, 0.25) is 0 Å². The van der Waals surface area contributed by atoms with Crippen LogP contribution in [0, 0.1) is 11.3 Å². The molecular weight excluding hydrogens is 272 g/mol. The molecule has 3 rings (SSSR count). The first-order valence-corrected chi connectivity index (χ1v) is 6.05. The first-order chi connectivity index (χ1) is 10.3. The molecule has 2 heterocycles. The number of ether oxygens (including phenoxy) is 1. The molecular formula is C13H10N6O2. The van der Waals surface area contributed by atoms with Crippen LogP contribution in [0.4, 0.5) is 0 Å². The highest BCUT2D eigenvalue weighted by Gasteiger charge is 2.10. The molecule has 21 heavy (non-hydrogen) atoms. The lowest BCUT2D eigenvalue weighted by atomic mass is 10.2. The summed E-state index contributed by atoms with van der Waals surface area (Å²) in [6, 6.07) is 9.15. The van der Waals surface area contributed by atoms with Gasteiger partial charge in [-0.05, 0) is 24.3 Å². The zero-order valence-electron chi connectivity index (χ0n) is 11.1. The fraction of sp³-hybridized carbons (Fsp3) is 0.154. The lowest BCUT2D eigenvalue weighted by Crippen LogP contribution is -2.02. The maximum atomic E-state index is 8.66. The Hall–Kier alpha value is -3.21. The standard InChI is InChI=1S/C13H10N6O2/c1-20-10-4-2-9(3-5-10)13-16-12(18-21-13)7-19-8-15-11(6-14)17-19/h2-5,8H,7H2,1H3. The van der Waals surface area contributed by atoms with Crippen molar-refractivity contribution in [1.29, 1.82) is 5.26 Å². The van der Waals surface area contributed by atoms with Gasteiger partial charge in [-0.25, -0.2) is 9.67 Å². The van der Waals surface area contributed by atoms with E-state index >= 15 is 0 Å². The number of hydrogen-bond acceptors (Lipinski definition) is 7. The van der Waals surface area contributed by atoms with Gasteiger partial charge in [0.15, 0.2) is 5.82 Å². The van der Waals surface area contributed by atoms with Gasteiger partial charge in [0.25, 0.3) is 11.7 Å². The van der Waals surface area contributed by atoms with E-state index < -0.39 is 0 Å². The van der Waals surface area contributed by atoms with Crippen LogP contribution in [-0.4, -0.2) is 32.0 Å². The quantitative estimate of drug-likeness (QED) is 0.709. The molecule has 0 saturated heterocycles. The summed E-state index contributed by atoms with van der Waals surface area (Å²) in [5, 5.41) is 16.5. The lowest BCUT2D eigenvalue weighted by molar-refractivity contribution is 0.413.